The monoisotopic (exact) mass is 222 g/mol. The van der Waals surface area contributed by atoms with E-state index in [1.54, 1.807) is 6.20 Å². The topological polar surface area (TPSA) is 54.2 Å². The number of pyridine rings is 1. The molecule has 0 aromatic carbocycles. The quantitative estimate of drug-likeness (QED) is 0.770. The third kappa shape index (κ3) is 4.06. The summed E-state index contributed by atoms with van der Waals surface area (Å²) in [6, 6.07) is 4.41. The molecule has 1 heterocycles. The Morgan fingerprint density at radius 3 is 2.94 bits per heavy atom. The zero-order chi connectivity index (χ0) is 12.0. The van der Waals surface area contributed by atoms with E-state index in [2.05, 4.69) is 36.1 Å². The van der Waals surface area contributed by atoms with Crippen LogP contribution in [0.2, 0.25) is 0 Å². The SMILES string of the molecule is CCC(C)N(C)CCNc1ccnc(N)c1. The molecule has 0 aliphatic carbocycles. The predicted molar refractivity (Wildman–Crippen MR) is 69.5 cm³/mol. The molecule has 0 aliphatic rings. The molecule has 90 valence electrons. The maximum atomic E-state index is 5.60. The van der Waals surface area contributed by atoms with Crippen LogP contribution in [0.1, 0.15) is 20.3 Å². The van der Waals surface area contributed by atoms with Crippen molar-refractivity contribution in [2.75, 3.05) is 31.2 Å². The maximum Gasteiger partial charge on any atom is 0.125 e. The van der Waals surface area contributed by atoms with E-state index in [4.69, 9.17) is 5.73 Å². The number of nitrogens with one attached hydrogen (secondary N) is 1. The van der Waals surface area contributed by atoms with Crippen LogP contribution < -0.4 is 11.1 Å². The lowest BCUT2D eigenvalue weighted by atomic mass is 10.2. The Morgan fingerprint density at radius 2 is 2.31 bits per heavy atom. The number of likely N-dealkylation sites (N-methyl/N-ethyl adjacent to an activating group) is 1. The summed E-state index contributed by atoms with van der Waals surface area (Å²) in [4.78, 5) is 6.30. The van der Waals surface area contributed by atoms with Gasteiger partial charge in [0.15, 0.2) is 0 Å². The van der Waals surface area contributed by atoms with Gasteiger partial charge in [0.05, 0.1) is 0 Å². The lowest BCUT2D eigenvalue weighted by molar-refractivity contribution is 0.261. The second kappa shape index (κ2) is 6.33. The average Bonchev–Trinajstić information content (AvgIpc) is 2.28. The Bertz CT molecular complexity index is 314. The fraction of sp³-hybridized carbons (Fsp3) is 0.583. The molecule has 0 fully saturated rings. The molecule has 0 saturated carbocycles. The van der Waals surface area contributed by atoms with Gasteiger partial charge in [-0.2, -0.15) is 0 Å². The van der Waals surface area contributed by atoms with Crippen molar-refractivity contribution in [3.8, 4) is 0 Å². The fourth-order valence-corrected chi connectivity index (χ4v) is 1.47. The van der Waals surface area contributed by atoms with Crippen molar-refractivity contribution in [1.29, 1.82) is 0 Å². The van der Waals surface area contributed by atoms with Gasteiger partial charge in [-0.25, -0.2) is 4.98 Å². The van der Waals surface area contributed by atoms with Crippen LogP contribution >= 0.6 is 0 Å². The Kier molecular flexibility index (Phi) is 5.05. The van der Waals surface area contributed by atoms with Crippen LogP contribution in [0.3, 0.4) is 0 Å². The molecule has 0 spiro atoms. The third-order valence-corrected chi connectivity index (χ3v) is 2.92. The van der Waals surface area contributed by atoms with Gasteiger partial charge in [-0.1, -0.05) is 6.92 Å². The molecule has 1 aromatic heterocycles. The summed E-state index contributed by atoms with van der Waals surface area (Å²) in [6.45, 7) is 6.39. The van der Waals surface area contributed by atoms with Crippen molar-refractivity contribution in [3.63, 3.8) is 0 Å². The summed E-state index contributed by atoms with van der Waals surface area (Å²) in [6.07, 6.45) is 2.90. The molecule has 16 heavy (non-hydrogen) atoms. The highest BCUT2D eigenvalue weighted by atomic mass is 15.1. The second-order valence-electron chi connectivity index (χ2n) is 4.13. The van der Waals surface area contributed by atoms with E-state index in [0.717, 1.165) is 18.8 Å². The minimum atomic E-state index is 0.556. The average molecular weight is 222 g/mol. The van der Waals surface area contributed by atoms with E-state index in [-0.39, 0.29) is 0 Å². The van der Waals surface area contributed by atoms with Gasteiger partial charge in [-0.3, -0.25) is 0 Å². The smallest absolute Gasteiger partial charge is 0.125 e. The molecule has 0 saturated heterocycles. The summed E-state index contributed by atoms with van der Waals surface area (Å²) in [5.41, 5.74) is 6.63. The number of hydrogen-bond acceptors (Lipinski definition) is 4. The Hall–Kier alpha value is -1.29. The van der Waals surface area contributed by atoms with E-state index in [1.807, 2.05) is 12.1 Å². The minimum Gasteiger partial charge on any atom is -0.384 e. The van der Waals surface area contributed by atoms with Gasteiger partial charge >= 0.3 is 0 Å². The number of nitrogen functional groups attached to an aromatic ring is 1. The van der Waals surface area contributed by atoms with Crippen molar-refractivity contribution in [2.24, 2.45) is 0 Å². The van der Waals surface area contributed by atoms with Crippen molar-refractivity contribution in [1.82, 2.24) is 9.88 Å². The molecule has 3 N–H and O–H groups in total. The molecule has 4 nitrogen and oxygen atoms in total. The zero-order valence-electron chi connectivity index (χ0n) is 10.4. The van der Waals surface area contributed by atoms with Crippen molar-refractivity contribution >= 4 is 11.5 Å². The number of aromatic nitrogens is 1. The predicted octanol–water partition coefficient (Wildman–Crippen LogP) is 1.81. The van der Waals surface area contributed by atoms with Crippen LogP contribution in [-0.4, -0.2) is 36.1 Å². The largest absolute Gasteiger partial charge is 0.384 e. The van der Waals surface area contributed by atoms with E-state index in [9.17, 15) is 0 Å². The van der Waals surface area contributed by atoms with Crippen LogP contribution in [0.5, 0.6) is 0 Å². The first kappa shape index (κ1) is 12.8. The lowest BCUT2D eigenvalue weighted by Crippen LogP contribution is -2.32. The molecule has 0 bridgehead atoms. The van der Waals surface area contributed by atoms with Crippen molar-refractivity contribution in [3.05, 3.63) is 18.3 Å². The molecule has 1 unspecified atom stereocenters. The number of anilines is 2. The summed E-state index contributed by atoms with van der Waals surface area (Å²) < 4.78 is 0. The van der Waals surface area contributed by atoms with Gasteiger partial charge < -0.3 is 16.0 Å². The molecular formula is C12H22N4. The Labute approximate surface area is 97.9 Å². The van der Waals surface area contributed by atoms with Crippen LogP contribution in [0.25, 0.3) is 0 Å². The Morgan fingerprint density at radius 1 is 1.56 bits per heavy atom. The van der Waals surface area contributed by atoms with Crippen molar-refractivity contribution in [2.45, 2.75) is 26.3 Å². The van der Waals surface area contributed by atoms with E-state index in [1.165, 1.54) is 6.42 Å². The van der Waals surface area contributed by atoms with Crippen molar-refractivity contribution < 1.29 is 0 Å². The van der Waals surface area contributed by atoms with Crippen LogP contribution in [0.4, 0.5) is 11.5 Å². The molecule has 1 atom stereocenters. The van der Waals surface area contributed by atoms with Crippen LogP contribution in [-0.2, 0) is 0 Å². The molecule has 4 heteroatoms. The fourth-order valence-electron chi connectivity index (χ4n) is 1.47. The standard InChI is InChI=1S/C12H22N4/c1-4-10(2)16(3)8-7-14-11-5-6-15-12(13)9-11/h5-6,9-10H,4,7-8H2,1-3H3,(H3,13,14,15). The molecule has 0 amide bonds. The second-order valence-corrected chi connectivity index (χ2v) is 4.13. The van der Waals surface area contributed by atoms with Gasteiger partial charge in [0.25, 0.3) is 0 Å². The lowest BCUT2D eigenvalue weighted by Gasteiger charge is -2.23. The first-order chi connectivity index (χ1) is 7.63. The Balaban J connectivity index is 2.30. The van der Waals surface area contributed by atoms with Gasteiger partial charge in [0.2, 0.25) is 0 Å². The highest BCUT2D eigenvalue weighted by molar-refractivity contribution is 5.49. The molecule has 0 aliphatic heterocycles. The first-order valence-electron chi connectivity index (χ1n) is 5.79. The number of hydrogen-bond donors (Lipinski definition) is 2. The normalized spacial score (nSPS) is 12.8. The van der Waals surface area contributed by atoms with E-state index >= 15 is 0 Å². The van der Waals surface area contributed by atoms with Gasteiger partial charge in [0, 0.05) is 37.1 Å². The molecule has 1 rings (SSSR count). The molecule has 1 aromatic rings. The maximum absolute atomic E-state index is 5.60. The van der Waals surface area contributed by atoms with E-state index in [0.29, 0.717) is 11.9 Å². The molecule has 0 radical (unpaired) electrons. The summed E-state index contributed by atoms with van der Waals surface area (Å²) >= 11 is 0. The minimum absolute atomic E-state index is 0.556. The van der Waals surface area contributed by atoms with Crippen LogP contribution in [0, 0.1) is 0 Å². The number of nitrogens with two attached hydrogens (primary N) is 1. The van der Waals surface area contributed by atoms with Gasteiger partial charge in [-0.05, 0) is 26.5 Å². The van der Waals surface area contributed by atoms with Gasteiger partial charge in [0.1, 0.15) is 5.82 Å². The summed E-state index contributed by atoms with van der Waals surface area (Å²) in [5, 5.41) is 3.33. The zero-order valence-corrected chi connectivity index (χ0v) is 10.4. The highest BCUT2D eigenvalue weighted by Gasteiger charge is 2.05. The summed E-state index contributed by atoms with van der Waals surface area (Å²) in [7, 11) is 2.15. The van der Waals surface area contributed by atoms with Gasteiger partial charge in [-0.15, -0.1) is 0 Å². The summed E-state index contributed by atoms with van der Waals surface area (Å²) in [5.74, 6) is 0.556. The number of rotatable bonds is 6. The molecular weight excluding hydrogens is 200 g/mol. The number of nitrogens with zero attached hydrogens (tertiary/aromatic N) is 2. The van der Waals surface area contributed by atoms with E-state index < -0.39 is 0 Å². The first-order valence-corrected chi connectivity index (χ1v) is 5.79. The third-order valence-electron chi connectivity index (χ3n) is 2.92. The highest BCUT2D eigenvalue weighted by Crippen LogP contribution is 2.08. The van der Waals surface area contributed by atoms with Crippen LogP contribution in [0.15, 0.2) is 18.3 Å².